The van der Waals surface area contributed by atoms with E-state index < -0.39 is 0 Å². The standard InChI is InChI=1S/C17H25N5O/c23-16(13-22-7-2-1-3-8-22)12-19-10-15-11-20-21-17(15)14-5-4-6-18-9-14/h4-6,9,11,16,19,23H,1-3,7-8,10,12-13H2,(H,20,21)/t16-/m0/s1. The zero-order chi connectivity index (χ0) is 15.9. The summed E-state index contributed by atoms with van der Waals surface area (Å²) in [6, 6.07) is 3.92. The maximum absolute atomic E-state index is 10.2. The van der Waals surface area contributed by atoms with Crippen LogP contribution in [0.25, 0.3) is 11.3 Å². The van der Waals surface area contributed by atoms with Crippen LogP contribution in [-0.2, 0) is 6.54 Å². The summed E-state index contributed by atoms with van der Waals surface area (Å²) in [7, 11) is 0. The first-order chi connectivity index (χ1) is 11.3. The van der Waals surface area contributed by atoms with Crippen molar-refractivity contribution in [3.8, 4) is 11.3 Å². The molecule has 0 aliphatic carbocycles. The van der Waals surface area contributed by atoms with Gasteiger partial charge in [0, 0.05) is 43.2 Å². The maximum atomic E-state index is 10.2. The van der Waals surface area contributed by atoms with E-state index in [-0.39, 0.29) is 6.10 Å². The molecule has 3 rings (SSSR count). The summed E-state index contributed by atoms with van der Waals surface area (Å²) >= 11 is 0. The van der Waals surface area contributed by atoms with Crippen LogP contribution in [0.15, 0.2) is 30.7 Å². The summed E-state index contributed by atoms with van der Waals surface area (Å²) < 4.78 is 0. The Morgan fingerprint density at radius 3 is 2.91 bits per heavy atom. The molecular formula is C17H25N5O. The Hall–Kier alpha value is -1.76. The highest BCUT2D eigenvalue weighted by molar-refractivity contribution is 5.61. The number of hydrogen-bond acceptors (Lipinski definition) is 5. The predicted molar refractivity (Wildman–Crippen MR) is 89.8 cm³/mol. The molecule has 0 aromatic carbocycles. The molecule has 0 unspecified atom stereocenters. The Morgan fingerprint density at radius 1 is 1.26 bits per heavy atom. The molecule has 0 bridgehead atoms. The lowest BCUT2D eigenvalue weighted by atomic mass is 10.1. The number of aliphatic hydroxyl groups excluding tert-OH is 1. The van der Waals surface area contributed by atoms with Gasteiger partial charge < -0.3 is 15.3 Å². The van der Waals surface area contributed by atoms with Gasteiger partial charge in [0.15, 0.2) is 0 Å². The van der Waals surface area contributed by atoms with Crippen LogP contribution in [0.3, 0.4) is 0 Å². The first-order valence-corrected chi connectivity index (χ1v) is 8.36. The van der Waals surface area contributed by atoms with Crippen molar-refractivity contribution in [2.24, 2.45) is 0 Å². The minimum atomic E-state index is -0.332. The van der Waals surface area contributed by atoms with Crippen LogP contribution in [0.5, 0.6) is 0 Å². The number of aromatic amines is 1. The van der Waals surface area contributed by atoms with Crippen molar-refractivity contribution in [2.45, 2.75) is 31.9 Å². The summed E-state index contributed by atoms with van der Waals surface area (Å²) in [5, 5.41) is 20.7. The van der Waals surface area contributed by atoms with Crippen molar-refractivity contribution in [3.63, 3.8) is 0 Å². The van der Waals surface area contributed by atoms with Gasteiger partial charge in [-0.3, -0.25) is 10.1 Å². The molecule has 2 aromatic rings. The molecule has 0 saturated carbocycles. The Morgan fingerprint density at radius 2 is 2.13 bits per heavy atom. The van der Waals surface area contributed by atoms with Crippen molar-refractivity contribution in [1.82, 2.24) is 25.4 Å². The molecule has 1 aliphatic rings. The molecule has 1 saturated heterocycles. The topological polar surface area (TPSA) is 77.1 Å². The molecule has 1 aliphatic heterocycles. The lowest BCUT2D eigenvalue weighted by molar-refractivity contribution is 0.1000. The van der Waals surface area contributed by atoms with Crippen LogP contribution in [0.4, 0.5) is 0 Å². The fraction of sp³-hybridized carbons (Fsp3) is 0.529. The Bertz CT molecular complexity index is 580. The second kappa shape index (κ2) is 8.19. The monoisotopic (exact) mass is 315 g/mol. The number of nitrogens with zero attached hydrogens (tertiary/aromatic N) is 3. The molecule has 2 aromatic heterocycles. The number of rotatable bonds is 7. The fourth-order valence-electron chi connectivity index (χ4n) is 3.08. The molecule has 6 heteroatoms. The Balaban J connectivity index is 1.46. The molecule has 124 valence electrons. The summed E-state index contributed by atoms with van der Waals surface area (Å²) in [4.78, 5) is 6.50. The summed E-state index contributed by atoms with van der Waals surface area (Å²) in [5.74, 6) is 0. The maximum Gasteiger partial charge on any atom is 0.0791 e. The summed E-state index contributed by atoms with van der Waals surface area (Å²) in [6.45, 7) is 4.26. The lowest BCUT2D eigenvalue weighted by Crippen LogP contribution is -2.40. The molecule has 3 heterocycles. The van der Waals surface area contributed by atoms with E-state index in [0.29, 0.717) is 13.1 Å². The van der Waals surface area contributed by atoms with Crippen molar-refractivity contribution >= 4 is 0 Å². The van der Waals surface area contributed by atoms with Gasteiger partial charge in [0.25, 0.3) is 0 Å². The van der Waals surface area contributed by atoms with Crippen LogP contribution >= 0.6 is 0 Å². The van der Waals surface area contributed by atoms with Crippen molar-refractivity contribution in [3.05, 3.63) is 36.3 Å². The van der Waals surface area contributed by atoms with Crippen LogP contribution in [-0.4, -0.2) is 57.5 Å². The number of pyridine rings is 1. The summed E-state index contributed by atoms with van der Waals surface area (Å²) in [6.07, 6.45) is 8.90. The molecule has 3 N–H and O–H groups in total. The van der Waals surface area contributed by atoms with Crippen molar-refractivity contribution in [2.75, 3.05) is 26.2 Å². The third kappa shape index (κ3) is 4.60. The number of likely N-dealkylation sites (tertiary alicyclic amines) is 1. The Labute approximate surface area is 136 Å². The lowest BCUT2D eigenvalue weighted by Gasteiger charge is -2.28. The van der Waals surface area contributed by atoms with E-state index in [2.05, 4.69) is 25.4 Å². The number of hydrogen-bond donors (Lipinski definition) is 3. The van der Waals surface area contributed by atoms with Gasteiger partial charge in [-0.2, -0.15) is 5.10 Å². The number of aromatic nitrogens is 3. The highest BCUT2D eigenvalue weighted by atomic mass is 16.3. The van der Waals surface area contributed by atoms with Gasteiger partial charge in [0.1, 0.15) is 0 Å². The van der Waals surface area contributed by atoms with E-state index in [4.69, 9.17) is 0 Å². The zero-order valence-electron chi connectivity index (χ0n) is 13.4. The third-order valence-electron chi connectivity index (χ3n) is 4.28. The summed E-state index contributed by atoms with van der Waals surface area (Å²) in [5.41, 5.74) is 3.09. The van der Waals surface area contributed by atoms with Gasteiger partial charge in [0.2, 0.25) is 0 Å². The largest absolute Gasteiger partial charge is 0.390 e. The highest BCUT2D eigenvalue weighted by Gasteiger charge is 2.14. The molecule has 0 radical (unpaired) electrons. The highest BCUT2D eigenvalue weighted by Crippen LogP contribution is 2.19. The zero-order valence-corrected chi connectivity index (χ0v) is 13.4. The van der Waals surface area contributed by atoms with E-state index in [1.165, 1.54) is 19.3 Å². The third-order valence-corrected chi connectivity index (χ3v) is 4.28. The normalized spacial score (nSPS) is 17.3. The van der Waals surface area contributed by atoms with Crippen LogP contribution in [0, 0.1) is 0 Å². The number of aliphatic hydroxyl groups is 1. The van der Waals surface area contributed by atoms with Gasteiger partial charge in [-0.15, -0.1) is 0 Å². The van der Waals surface area contributed by atoms with E-state index in [1.807, 2.05) is 24.5 Å². The molecule has 1 atom stereocenters. The average Bonchev–Trinajstić information content (AvgIpc) is 3.05. The molecular weight excluding hydrogens is 290 g/mol. The van der Waals surface area contributed by atoms with Crippen LogP contribution < -0.4 is 5.32 Å². The SMILES string of the molecule is O[C@@H](CNCc1cn[nH]c1-c1cccnc1)CN1CCCCC1. The first kappa shape index (κ1) is 16.1. The van der Waals surface area contributed by atoms with E-state index >= 15 is 0 Å². The quantitative estimate of drug-likeness (QED) is 0.720. The minimum absolute atomic E-state index is 0.332. The predicted octanol–water partition coefficient (Wildman–Crippen LogP) is 1.41. The Kier molecular flexibility index (Phi) is 5.74. The molecule has 23 heavy (non-hydrogen) atoms. The smallest absolute Gasteiger partial charge is 0.0791 e. The molecule has 0 amide bonds. The van der Waals surface area contributed by atoms with Gasteiger partial charge in [-0.1, -0.05) is 6.42 Å². The van der Waals surface area contributed by atoms with E-state index in [9.17, 15) is 5.11 Å². The molecule has 6 nitrogen and oxygen atoms in total. The van der Waals surface area contributed by atoms with Gasteiger partial charge in [0.05, 0.1) is 18.0 Å². The number of H-pyrrole nitrogens is 1. The van der Waals surface area contributed by atoms with Crippen molar-refractivity contribution in [1.29, 1.82) is 0 Å². The average molecular weight is 315 g/mol. The number of nitrogens with one attached hydrogen (secondary N) is 2. The number of β-amino-alcohol motifs (C(OH)–C–C–N with tert-alkyl or cyclic N) is 1. The second-order valence-corrected chi connectivity index (χ2v) is 6.16. The molecule has 0 spiro atoms. The van der Waals surface area contributed by atoms with Crippen molar-refractivity contribution < 1.29 is 5.11 Å². The van der Waals surface area contributed by atoms with Gasteiger partial charge >= 0.3 is 0 Å². The number of piperidine rings is 1. The van der Waals surface area contributed by atoms with Crippen LogP contribution in [0.2, 0.25) is 0 Å². The fourth-order valence-corrected chi connectivity index (χ4v) is 3.08. The van der Waals surface area contributed by atoms with Crippen LogP contribution in [0.1, 0.15) is 24.8 Å². The minimum Gasteiger partial charge on any atom is -0.390 e. The first-order valence-electron chi connectivity index (χ1n) is 8.36. The molecule has 1 fully saturated rings. The second-order valence-electron chi connectivity index (χ2n) is 6.16. The van der Waals surface area contributed by atoms with E-state index in [0.717, 1.165) is 36.5 Å². The van der Waals surface area contributed by atoms with E-state index in [1.54, 1.807) is 6.20 Å². The van der Waals surface area contributed by atoms with Gasteiger partial charge in [-0.05, 0) is 38.1 Å². The van der Waals surface area contributed by atoms with Gasteiger partial charge in [-0.25, -0.2) is 0 Å².